The highest BCUT2D eigenvalue weighted by molar-refractivity contribution is 5.97. The molecule has 68 valence electrons. The minimum absolute atomic E-state index is 0.178. The molecule has 0 amide bonds. The van der Waals surface area contributed by atoms with Crippen LogP contribution in [0.15, 0.2) is 24.3 Å². The lowest BCUT2D eigenvalue weighted by Crippen LogP contribution is -2.38. The lowest BCUT2D eigenvalue weighted by atomic mass is 10.1. The Labute approximate surface area is 76.9 Å². The van der Waals surface area contributed by atoms with E-state index in [1.165, 1.54) is 0 Å². The van der Waals surface area contributed by atoms with Gasteiger partial charge in [-0.1, -0.05) is 12.1 Å². The predicted molar refractivity (Wildman–Crippen MR) is 49.7 cm³/mol. The first-order valence-corrected chi connectivity index (χ1v) is 4.23. The van der Waals surface area contributed by atoms with E-state index in [9.17, 15) is 4.79 Å². The number of carbonyl (C=O) groups excluding carboxylic acids is 1. The summed E-state index contributed by atoms with van der Waals surface area (Å²) in [7, 11) is 1.91. The summed E-state index contributed by atoms with van der Waals surface area (Å²) >= 11 is 0. The van der Waals surface area contributed by atoms with E-state index in [1.54, 1.807) is 6.07 Å². The fraction of sp³-hybridized carbons (Fsp3) is 0.300. The molecule has 3 heteroatoms. The number of nitrogens with zero attached hydrogens (tertiary/aromatic N) is 1. The Kier molecular flexibility index (Phi) is 1.72. The maximum atomic E-state index is 11.4. The van der Waals surface area contributed by atoms with Gasteiger partial charge in [-0.3, -0.25) is 0 Å². The third kappa shape index (κ3) is 1.16. The van der Waals surface area contributed by atoms with Crippen molar-refractivity contribution in [3.8, 4) is 0 Å². The number of hydrogen-bond donors (Lipinski definition) is 0. The number of fused-ring (bicyclic) bond motifs is 1. The standard InChI is InChI=1S/C10H11NO2/c1-7-11(2)9-6-4-3-5-8(9)10(12)13-7/h3-7H,1-2H3. The third-order valence-corrected chi connectivity index (χ3v) is 2.33. The zero-order valence-corrected chi connectivity index (χ0v) is 7.65. The number of anilines is 1. The Morgan fingerprint density at radius 3 is 2.85 bits per heavy atom. The number of hydrogen-bond acceptors (Lipinski definition) is 3. The normalized spacial score (nSPS) is 20.9. The molecule has 13 heavy (non-hydrogen) atoms. The molecule has 1 heterocycles. The number of esters is 1. The molecule has 1 atom stereocenters. The number of cyclic esters (lactones) is 1. The Balaban J connectivity index is 2.53. The summed E-state index contributed by atoms with van der Waals surface area (Å²) in [5.74, 6) is -0.235. The van der Waals surface area contributed by atoms with Crippen LogP contribution in [-0.2, 0) is 4.74 Å². The van der Waals surface area contributed by atoms with E-state index in [-0.39, 0.29) is 12.2 Å². The quantitative estimate of drug-likeness (QED) is 0.564. The van der Waals surface area contributed by atoms with E-state index in [1.807, 2.05) is 37.1 Å². The van der Waals surface area contributed by atoms with E-state index in [4.69, 9.17) is 4.74 Å². The SMILES string of the molecule is CC1OC(=O)c2ccccc2N1C. The van der Waals surface area contributed by atoms with Gasteiger partial charge in [0, 0.05) is 7.05 Å². The number of carbonyl (C=O) groups is 1. The topological polar surface area (TPSA) is 29.5 Å². The molecule has 0 saturated carbocycles. The molecule has 1 aromatic rings. The average molecular weight is 177 g/mol. The molecule has 1 aliphatic rings. The summed E-state index contributed by atoms with van der Waals surface area (Å²) < 4.78 is 5.11. The second-order valence-corrected chi connectivity index (χ2v) is 3.13. The lowest BCUT2D eigenvalue weighted by Gasteiger charge is -2.32. The summed E-state index contributed by atoms with van der Waals surface area (Å²) in [5, 5.41) is 0. The van der Waals surface area contributed by atoms with Gasteiger partial charge in [-0.05, 0) is 19.1 Å². The van der Waals surface area contributed by atoms with Gasteiger partial charge in [0.1, 0.15) is 0 Å². The molecule has 0 aromatic heterocycles. The van der Waals surface area contributed by atoms with Gasteiger partial charge >= 0.3 is 5.97 Å². The molecule has 0 aliphatic carbocycles. The number of rotatable bonds is 0. The summed E-state index contributed by atoms with van der Waals surface area (Å²) in [6.07, 6.45) is -0.178. The van der Waals surface area contributed by atoms with Crippen LogP contribution < -0.4 is 4.90 Å². The predicted octanol–water partition coefficient (Wildman–Crippen LogP) is 1.64. The molecule has 1 aliphatic heterocycles. The number of benzene rings is 1. The molecule has 1 aromatic carbocycles. The van der Waals surface area contributed by atoms with Gasteiger partial charge in [-0.25, -0.2) is 4.79 Å². The van der Waals surface area contributed by atoms with Crippen molar-refractivity contribution in [1.82, 2.24) is 0 Å². The van der Waals surface area contributed by atoms with Crippen molar-refractivity contribution < 1.29 is 9.53 Å². The molecular formula is C10H11NO2. The van der Waals surface area contributed by atoms with Crippen molar-refractivity contribution in [2.75, 3.05) is 11.9 Å². The second kappa shape index (κ2) is 2.76. The largest absolute Gasteiger partial charge is 0.438 e. The second-order valence-electron chi connectivity index (χ2n) is 3.13. The minimum atomic E-state index is -0.235. The van der Waals surface area contributed by atoms with Crippen molar-refractivity contribution in [1.29, 1.82) is 0 Å². The first kappa shape index (κ1) is 8.10. The Hall–Kier alpha value is -1.51. The zero-order valence-electron chi connectivity index (χ0n) is 7.65. The summed E-state index contributed by atoms with van der Waals surface area (Å²) in [4.78, 5) is 13.3. The highest BCUT2D eigenvalue weighted by atomic mass is 16.6. The maximum absolute atomic E-state index is 11.4. The molecule has 0 fully saturated rings. The van der Waals surface area contributed by atoms with Crippen molar-refractivity contribution in [3.05, 3.63) is 29.8 Å². The highest BCUT2D eigenvalue weighted by Gasteiger charge is 2.26. The van der Waals surface area contributed by atoms with Crippen molar-refractivity contribution in [2.45, 2.75) is 13.2 Å². The summed E-state index contributed by atoms with van der Waals surface area (Å²) in [6.45, 7) is 1.86. The molecule has 3 nitrogen and oxygen atoms in total. The summed E-state index contributed by atoms with van der Waals surface area (Å²) in [6, 6.07) is 7.46. The van der Waals surface area contributed by atoms with Crippen LogP contribution in [0.2, 0.25) is 0 Å². The Bertz CT molecular complexity index is 349. The molecular weight excluding hydrogens is 166 g/mol. The molecule has 0 saturated heterocycles. The van der Waals surface area contributed by atoms with Crippen molar-refractivity contribution >= 4 is 11.7 Å². The zero-order chi connectivity index (χ0) is 9.42. The molecule has 0 bridgehead atoms. The molecule has 1 unspecified atom stereocenters. The van der Waals surface area contributed by atoms with Crippen LogP contribution in [0.5, 0.6) is 0 Å². The van der Waals surface area contributed by atoms with E-state index < -0.39 is 0 Å². The number of ether oxygens (including phenoxy) is 1. The van der Waals surface area contributed by atoms with Gasteiger partial charge < -0.3 is 9.64 Å². The third-order valence-electron chi connectivity index (χ3n) is 2.33. The Morgan fingerprint density at radius 2 is 2.08 bits per heavy atom. The first-order valence-electron chi connectivity index (χ1n) is 4.23. The lowest BCUT2D eigenvalue weighted by molar-refractivity contribution is 0.0311. The van der Waals surface area contributed by atoms with Gasteiger partial charge in [0.15, 0.2) is 6.23 Å². The minimum Gasteiger partial charge on any atom is -0.438 e. The van der Waals surface area contributed by atoms with Gasteiger partial charge in [-0.15, -0.1) is 0 Å². The highest BCUT2D eigenvalue weighted by Crippen LogP contribution is 2.26. The van der Waals surface area contributed by atoms with Gasteiger partial charge in [0.25, 0.3) is 0 Å². The van der Waals surface area contributed by atoms with Gasteiger partial charge in [0.2, 0.25) is 0 Å². The van der Waals surface area contributed by atoms with Crippen LogP contribution in [0.1, 0.15) is 17.3 Å². The molecule has 0 radical (unpaired) electrons. The molecule has 2 rings (SSSR count). The molecule has 0 N–H and O–H groups in total. The van der Waals surface area contributed by atoms with Crippen LogP contribution >= 0.6 is 0 Å². The van der Waals surface area contributed by atoms with Crippen LogP contribution in [0, 0.1) is 0 Å². The fourth-order valence-corrected chi connectivity index (χ4v) is 1.45. The summed E-state index contributed by atoms with van der Waals surface area (Å²) in [5.41, 5.74) is 1.58. The van der Waals surface area contributed by atoms with Crippen LogP contribution in [0.3, 0.4) is 0 Å². The van der Waals surface area contributed by atoms with E-state index in [0.717, 1.165) is 5.69 Å². The van der Waals surface area contributed by atoms with E-state index in [2.05, 4.69) is 0 Å². The van der Waals surface area contributed by atoms with Crippen molar-refractivity contribution in [3.63, 3.8) is 0 Å². The fourth-order valence-electron chi connectivity index (χ4n) is 1.45. The smallest absolute Gasteiger partial charge is 0.342 e. The number of para-hydroxylation sites is 1. The Morgan fingerprint density at radius 1 is 1.38 bits per heavy atom. The van der Waals surface area contributed by atoms with Gasteiger partial charge in [0.05, 0.1) is 11.3 Å². The first-order chi connectivity index (χ1) is 6.20. The monoisotopic (exact) mass is 177 g/mol. The van der Waals surface area contributed by atoms with Crippen LogP contribution in [0.25, 0.3) is 0 Å². The average Bonchev–Trinajstić information content (AvgIpc) is 2.15. The van der Waals surface area contributed by atoms with Crippen molar-refractivity contribution in [2.24, 2.45) is 0 Å². The maximum Gasteiger partial charge on any atom is 0.342 e. The van der Waals surface area contributed by atoms with E-state index in [0.29, 0.717) is 5.56 Å². The van der Waals surface area contributed by atoms with Crippen LogP contribution in [-0.4, -0.2) is 19.2 Å². The molecule has 0 spiro atoms. The van der Waals surface area contributed by atoms with Gasteiger partial charge in [-0.2, -0.15) is 0 Å². The van der Waals surface area contributed by atoms with Crippen LogP contribution in [0.4, 0.5) is 5.69 Å². The van der Waals surface area contributed by atoms with E-state index >= 15 is 0 Å².